The van der Waals surface area contributed by atoms with E-state index in [9.17, 15) is 9.82 Å². The van der Waals surface area contributed by atoms with Crippen molar-refractivity contribution in [3.05, 3.63) is 35.5 Å². The molecule has 2 atom stereocenters. The van der Waals surface area contributed by atoms with Crippen molar-refractivity contribution in [2.24, 2.45) is 11.7 Å². The second-order valence-electron chi connectivity index (χ2n) is 8.05. The van der Waals surface area contributed by atoms with E-state index in [1.54, 1.807) is 10.9 Å². The number of nitrogens with zero attached hydrogens (tertiary/aromatic N) is 2. The number of carbonyl (C=O) groups is 1. The molecule has 0 radical (unpaired) electrons. The predicted molar refractivity (Wildman–Crippen MR) is 106 cm³/mol. The lowest BCUT2D eigenvalue weighted by molar-refractivity contribution is 0.0238. The molecule has 8 nitrogen and oxygen atoms in total. The van der Waals surface area contributed by atoms with Gasteiger partial charge in [-0.3, -0.25) is 9.48 Å². The van der Waals surface area contributed by atoms with E-state index in [0.717, 1.165) is 18.6 Å². The fraction of sp³-hybridized carbons (Fsp3) is 0.474. The van der Waals surface area contributed by atoms with E-state index >= 15 is 0 Å². The number of hydrogen-bond donors (Lipinski definition) is 3. The van der Waals surface area contributed by atoms with E-state index in [4.69, 9.17) is 15.1 Å². The van der Waals surface area contributed by atoms with Crippen molar-refractivity contribution in [1.29, 1.82) is 0 Å². The van der Waals surface area contributed by atoms with Gasteiger partial charge in [0.05, 0.1) is 18.2 Å². The van der Waals surface area contributed by atoms with E-state index < -0.39 is 18.6 Å². The molecule has 28 heavy (non-hydrogen) atoms. The molecule has 1 aromatic carbocycles. The molecule has 4 N–H and O–H groups in total. The lowest BCUT2D eigenvalue weighted by Crippen LogP contribution is -2.29. The molecular weight excluding hydrogens is 359 g/mol. The van der Waals surface area contributed by atoms with Crippen molar-refractivity contribution < 1.29 is 19.2 Å². The summed E-state index contributed by atoms with van der Waals surface area (Å²) in [6, 6.07) is 5.65. The third-order valence-electron chi connectivity index (χ3n) is 5.64. The molecule has 4 rings (SSSR count). The number of fused-ring (bicyclic) bond motifs is 1. The first kappa shape index (κ1) is 19.0. The summed E-state index contributed by atoms with van der Waals surface area (Å²) in [6.45, 7) is 7.26. The highest BCUT2D eigenvalue weighted by Gasteiger charge is 2.40. The van der Waals surface area contributed by atoms with Crippen LogP contribution in [0, 0.1) is 5.92 Å². The first-order chi connectivity index (χ1) is 13.3. The number of rotatable bonds is 4. The van der Waals surface area contributed by atoms with Gasteiger partial charge < -0.3 is 25.5 Å². The summed E-state index contributed by atoms with van der Waals surface area (Å²) in [7, 11) is -0.986. The van der Waals surface area contributed by atoms with Gasteiger partial charge in [0.25, 0.3) is 5.91 Å². The minimum atomic E-state index is -0.986. The number of primary amides is 1. The topological polar surface area (TPSA) is 112 Å². The van der Waals surface area contributed by atoms with Crippen LogP contribution in [0.25, 0.3) is 0 Å². The molecule has 0 saturated carbocycles. The zero-order chi connectivity index (χ0) is 20.1. The first-order valence-electron chi connectivity index (χ1n) is 9.50. The highest BCUT2D eigenvalue weighted by atomic mass is 16.5. The Morgan fingerprint density at radius 2 is 2.25 bits per heavy atom. The second kappa shape index (κ2) is 6.91. The van der Waals surface area contributed by atoms with Crippen LogP contribution >= 0.6 is 0 Å². The normalized spacial score (nSPS) is 23.5. The molecule has 1 fully saturated rings. The molecule has 0 spiro atoms. The summed E-state index contributed by atoms with van der Waals surface area (Å²) in [4.78, 5) is 12.0. The van der Waals surface area contributed by atoms with Gasteiger partial charge in [0.1, 0.15) is 5.56 Å². The summed E-state index contributed by atoms with van der Waals surface area (Å²) in [5.74, 6) is 0.221. The number of carbonyl (C=O) groups excluding carboxylic acids is 1. The van der Waals surface area contributed by atoms with Gasteiger partial charge in [-0.1, -0.05) is 13.0 Å². The van der Waals surface area contributed by atoms with Crippen LogP contribution in [-0.4, -0.2) is 41.0 Å². The van der Waals surface area contributed by atoms with E-state index in [1.165, 1.54) is 0 Å². The number of amides is 1. The number of hydrogen-bond acceptors (Lipinski definition) is 6. The lowest BCUT2D eigenvalue weighted by Gasteiger charge is -2.28. The zero-order valence-corrected chi connectivity index (χ0v) is 16.3. The number of benzene rings is 1. The van der Waals surface area contributed by atoms with Gasteiger partial charge in [-0.05, 0) is 49.3 Å². The van der Waals surface area contributed by atoms with E-state index in [1.807, 2.05) is 32.0 Å². The average Bonchev–Trinajstić information content (AvgIpc) is 3.14. The highest BCUT2D eigenvalue weighted by molar-refractivity contribution is 6.62. The Kier molecular flexibility index (Phi) is 4.69. The molecule has 0 bridgehead atoms. The van der Waals surface area contributed by atoms with Gasteiger partial charge in [0, 0.05) is 18.5 Å². The summed E-state index contributed by atoms with van der Waals surface area (Å²) in [5.41, 5.74) is 7.66. The number of anilines is 2. The van der Waals surface area contributed by atoms with Gasteiger partial charge in [-0.25, -0.2) is 0 Å². The maximum absolute atomic E-state index is 12.0. The lowest BCUT2D eigenvalue weighted by atomic mass is 9.78. The molecule has 2 aromatic rings. The van der Waals surface area contributed by atoms with Crippen LogP contribution in [0.1, 0.15) is 49.2 Å². The molecule has 2 aliphatic heterocycles. The molecule has 148 valence electrons. The van der Waals surface area contributed by atoms with E-state index in [2.05, 4.69) is 17.3 Å². The third-order valence-corrected chi connectivity index (χ3v) is 5.64. The standard InChI is InChI=1S/C19H25BN4O4/c1-11-6-7-27-10-16(11)24-9-13(17(21)25)18(23-24)22-12-4-5-14-15(8-12)20(26)28-19(14,2)3/h4-5,8-9,11,16,26H,6-7,10H2,1-3H3,(H2,21,25)(H,22,23)/t11-,16?/m1/s1. The third kappa shape index (κ3) is 3.30. The molecule has 0 aliphatic carbocycles. The number of nitrogens with one attached hydrogen (secondary N) is 1. The Balaban J connectivity index is 1.65. The van der Waals surface area contributed by atoms with Gasteiger partial charge in [0.15, 0.2) is 5.82 Å². The monoisotopic (exact) mass is 384 g/mol. The van der Waals surface area contributed by atoms with Crippen LogP contribution in [0.2, 0.25) is 0 Å². The smallest absolute Gasteiger partial charge is 0.423 e. The average molecular weight is 384 g/mol. The Labute approximate surface area is 164 Å². The minimum Gasteiger partial charge on any atom is -0.423 e. The van der Waals surface area contributed by atoms with Crippen LogP contribution < -0.4 is 16.5 Å². The van der Waals surface area contributed by atoms with Crippen molar-refractivity contribution >= 4 is 30.0 Å². The minimum absolute atomic E-state index is 0.0541. The quantitative estimate of drug-likeness (QED) is 0.685. The van der Waals surface area contributed by atoms with Crippen LogP contribution in [-0.2, 0) is 15.0 Å². The summed E-state index contributed by atoms with van der Waals surface area (Å²) < 4.78 is 12.9. The Morgan fingerprint density at radius 3 is 2.96 bits per heavy atom. The molecule has 3 heterocycles. The van der Waals surface area contributed by atoms with Gasteiger partial charge in [0.2, 0.25) is 0 Å². The number of aromatic nitrogens is 2. The van der Waals surface area contributed by atoms with E-state index in [-0.39, 0.29) is 6.04 Å². The van der Waals surface area contributed by atoms with E-state index in [0.29, 0.717) is 35.1 Å². The van der Waals surface area contributed by atoms with Gasteiger partial charge >= 0.3 is 7.12 Å². The van der Waals surface area contributed by atoms with Crippen molar-refractivity contribution in [1.82, 2.24) is 9.78 Å². The van der Waals surface area contributed by atoms with Crippen LogP contribution in [0.15, 0.2) is 24.4 Å². The van der Waals surface area contributed by atoms with Crippen molar-refractivity contribution in [2.45, 2.75) is 38.8 Å². The zero-order valence-electron chi connectivity index (χ0n) is 16.3. The summed E-state index contributed by atoms with van der Waals surface area (Å²) in [5, 5.41) is 17.9. The summed E-state index contributed by atoms with van der Waals surface area (Å²) >= 11 is 0. The maximum Gasteiger partial charge on any atom is 0.492 e. The molecule has 9 heteroatoms. The largest absolute Gasteiger partial charge is 0.492 e. The summed E-state index contributed by atoms with van der Waals surface area (Å²) in [6.07, 6.45) is 2.62. The van der Waals surface area contributed by atoms with Crippen LogP contribution in [0.4, 0.5) is 11.5 Å². The Hall–Kier alpha value is -2.36. The fourth-order valence-electron chi connectivity index (χ4n) is 3.94. The van der Waals surface area contributed by atoms with Crippen LogP contribution in [0.3, 0.4) is 0 Å². The molecule has 1 unspecified atom stereocenters. The van der Waals surface area contributed by atoms with Crippen molar-refractivity contribution in [2.75, 3.05) is 18.5 Å². The molecular formula is C19H25BN4O4. The number of nitrogens with two attached hydrogens (primary N) is 1. The molecule has 2 aliphatic rings. The number of ether oxygens (including phenoxy) is 1. The van der Waals surface area contributed by atoms with Gasteiger partial charge in [-0.15, -0.1) is 0 Å². The van der Waals surface area contributed by atoms with Crippen LogP contribution in [0.5, 0.6) is 0 Å². The second-order valence-corrected chi connectivity index (χ2v) is 8.05. The Morgan fingerprint density at radius 1 is 1.46 bits per heavy atom. The molecule has 1 aromatic heterocycles. The molecule has 1 saturated heterocycles. The van der Waals surface area contributed by atoms with Gasteiger partial charge in [-0.2, -0.15) is 5.10 Å². The molecule has 1 amide bonds. The Bertz CT molecular complexity index is 913. The van der Waals surface area contributed by atoms with Crippen molar-refractivity contribution in [3.63, 3.8) is 0 Å². The highest BCUT2D eigenvalue weighted by Crippen LogP contribution is 2.32. The maximum atomic E-state index is 12.0. The first-order valence-corrected chi connectivity index (χ1v) is 9.50. The predicted octanol–water partition coefficient (Wildman–Crippen LogP) is 1.28. The SMILES string of the molecule is C[C@@H]1CCOCC1n1cc(C(N)=O)c(Nc2ccc3c(c2)B(O)OC3(C)C)n1. The van der Waals surface area contributed by atoms with Crippen molar-refractivity contribution in [3.8, 4) is 0 Å². The fourth-order valence-corrected chi connectivity index (χ4v) is 3.94.